The maximum Gasteiger partial charge on any atom is 0.251 e. The first kappa shape index (κ1) is 25.5. The summed E-state index contributed by atoms with van der Waals surface area (Å²) in [4.78, 5) is 17.3. The summed E-state index contributed by atoms with van der Waals surface area (Å²) in [6.07, 6.45) is 3.78. The van der Waals surface area contributed by atoms with Gasteiger partial charge in [-0.3, -0.25) is 4.79 Å². The van der Waals surface area contributed by atoms with Gasteiger partial charge < -0.3 is 14.6 Å². The molecule has 0 aliphatic carbocycles. The van der Waals surface area contributed by atoms with Crippen LogP contribution in [-0.4, -0.2) is 28.6 Å². The smallest absolute Gasteiger partial charge is 0.251 e. The lowest BCUT2D eigenvalue weighted by Gasteiger charge is -2.12. The number of carbonyl (C=O) groups excluding carboxylic acids is 1. The number of hydrogen-bond acceptors (Lipinski definition) is 3. The summed E-state index contributed by atoms with van der Waals surface area (Å²) in [5, 5.41) is 3.04. The Morgan fingerprint density at radius 1 is 1.00 bits per heavy atom. The quantitative estimate of drug-likeness (QED) is 0.228. The van der Waals surface area contributed by atoms with Crippen LogP contribution in [0.1, 0.15) is 66.3 Å². The molecule has 0 radical (unpaired) electrons. The van der Waals surface area contributed by atoms with E-state index in [9.17, 15) is 4.79 Å². The number of rotatable bonds is 12. The van der Waals surface area contributed by atoms with Gasteiger partial charge in [-0.15, -0.1) is 0 Å². The summed E-state index contributed by atoms with van der Waals surface area (Å²) in [7, 11) is 0. The highest BCUT2D eigenvalue weighted by Crippen LogP contribution is 2.22. The fourth-order valence-electron chi connectivity index (χ4n) is 4.35. The summed E-state index contributed by atoms with van der Waals surface area (Å²) < 4.78 is 8.27. The minimum atomic E-state index is -0.0491. The van der Waals surface area contributed by atoms with Crippen LogP contribution in [0.5, 0.6) is 5.75 Å². The molecule has 1 heterocycles. The van der Waals surface area contributed by atoms with Crippen LogP contribution >= 0.6 is 0 Å². The molecule has 0 bridgehead atoms. The van der Waals surface area contributed by atoms with Crippen LogP contribution in [0.3, 0.4) is 0 Å². The van der Waals surface area contributed by atoms with Crippen LogP contribution in [0.15, 0.2) is 72.8 Å². The van der Waals surface area contributed by atoms with Crippen molar-refractivity contribution in [2.45, 2.75) is 58.9 Å². The van der Waals surface area contributed by atoms with Crippen LogP contribution in [0.2, 0.25) is 0 Å². The molecule has 1 atom stereocenters. The monoisotopic (exact) mass is 483 g/mol. The summed E-state index contributed by atoms with van der Waals surface area (Å²) in [6.45, 7) is 8.60. The number of imidazole rings is 1. The molecule has 0 saturated carbocycles. The number of nitrogens with zero attached hydrogens (tertiary/aromatic N) is 2. The van der Waals surface area contributed by atoms with Crippen LogP contribution in [0, 0.1) is 6.92 Å². The molecular weight excluding hydrogens is 446 g/mol. The summed E-state index contributed by atoms with van der Waals surface area (Å²) in [5.74, 6) is 2.46. The van der Waals surface area contributed by atoms with E-state index in [-0.39, 0.29) is 5.91 Å². The van der Waals surface area contributed by atoms with E-state index < -0.39 is 0 Å². The second kappa shape index (κ2) is 12.4. The largest absolute Gasteiger partial charge is 0.494 e. The zero-order chi connectivity index (χ0) is 25.3. The number of fused-ring (bicyclic) bond motifs is 1. The van der Waals surface area contributed by atoms with E-state index in [2.05, 4.69) is 60.1 Å². The van der Waals surface area contributed by atoms with Crippen LogP contribution in [0.25, 0.3) is 11.0 Å². The molecular formula is C31H37N3O2. The average molecular weight is 484 g/mol. The maximum atomic E-state index is 12.5. The van der Waals surface area contributed by atoms with E-state index in [0.717, 1.165) is 54.0 Å². The first-order valence-electron chi connectivity index (χ1n) is 13.1. The molecule has 1 amide bonds. The third-order valence-corrected chi connectivity index (χ3v) is 6.79. The second-order valence-electron chi connectivity index (χ2n) is 9.47. The van der Waals surface area contributed by atoms with E-state index in [0.29, 0.717) is 31.1 Å². The van der Waals surface area contributed by atoms with Gasteiger partial charge in [-0.05, 0) is 74.1 Å². The maximum absolute atomic E-state index is 12.5. The van der Waals surface area contributed by atoms with Gasteiger partial charge in [-0.2, -0.15) is 0 Å². The summed E-state index contributed by atoms with van der Waals surface area (Å²) >= 11 is 0. The van der Waals surface area contributed by atoms with Gasteiger partial charge >= 0.3 is 0 Å². The summed E-state index contributed by atoms with van der Waals surface area (Å²) in [5.41, 5.74) is 5.32. The topological polar surface area (TPSA) is 56.1 Å². The van der Waals surface area contributed by atoms with Gasteiger partial charge in [0.25, 0.3) is 5.91 Å². The lowest BCUT2D eigenvalue weighted by atomic mass is 9.99. The number of ether oxygens (including phenoxy) is 1. The Hall–Kier alpha value is -3.60. The Bertz CT molecular complexity index is 1260. The standard InChI is InChI=1S/C31H37N3O2/c1-4-24(3)25-15-17-27(18-16-25)36-22-8-7-21-34-29-10-6-5-9-28(29)33-30(34)19-20-32-31(35)26-13-11-23(2)12-14-26/h5-6,9-18,24H,4,7-8,19-22H2,1-3H3,(H,32,35). The van der Waals surface area contributed by atoms with Crippen LogP contribution in [-0.2, 0) is 13.0 Å². The van der Waals surface area contributed by atoms with Crippen molar-refractivity contribution in [3.8, 4) is 5.75 Å². The van der Waals surface area contributed by atoms with Crippen molar-refractivity contribution in [1.29, 1.82) is 0 Å². The Balaban J connectivity index is 1.29. The predicted molar refractivity (Wildman–Crippen MR) is 147 cm³/mol. The van der Waals surface area contributed by atoms with Crippen molar-refractivity contribution in [3.05, 3.63) is 95.3 Å². The van der Waals surface area contributed by atoms with Crippen molar-refractivity contribution >= 4 is 16.9 Å². The van der Waals surface area contributed by atoms with Crippen molar-refractivity contribution < 1.29 is 9.53 Å². The van der Waals surface area contributed by atoms with E-state index >= 15 is 0 Å². The van der Waals surface area contributed by atoms with Gasteiger partial charge in [0.05, 0.1) is 17.6 Å². The number of para-hydroxylation sites is 2. The molecule has 1 unspecified atom stereocenters. The molecule has 0 aliphatic rings. The number of nitrogens with one attached hydrogen (secondary N) is 1. The van der Waals surface area contributed by atoms with Crippen LogP contribution in [0.4, 0.5) is 0 Å². The number of carbonyl (C=O) groups is 1. The molecule has 1 N–H and O–H groups in total. The predicted octanol–water partition coefficient (Wildman–Crippen LogP) is 6.69. The van der Waals surface area contributed by atoms with E-state index in [1.807, 2.05) is 43.3 Å². The normalized spacial score (nSPS) is 12.0. The Morgan fingerprint density at radius 3 is 2.50 bits per heavy atom. The van der Waals surface area contributed by atoms with E-state index in [4.69, 9.17) is 9.72 Å². The zero-order valence-corrected chi connectivity index (χ0v) is 21.7. The minimum absolute atomic E-state index is 0.0491. The molecule has 5 nitrogen and oxygen atoms in total. The van der Waals surface area contributed by atoms with E-state index in [1.165, 1.54) is 5.56 Å². The number of aryl methyl sites for hydroxylation is 2. The summed E-state index contributed by atoms with van der Waals surface area (Å²) in [6, 6.07) is 24.4. The molecule has 0 fully saturated rings. The van der Waals surface area contributed by atoms with Gasteiger partial charge in [0.2, 0.25) is 0 Å². The minimum Gasteiger partial charge on any atom is -0.494 e. The lowest BCUT2D eigenvalue weighted by molar-refractivity contribution is 0.0954. The fraction of sp³-hybridized carbons (Fsp3) is 0.355. The fourth-order valence-corrected chi connectivity index (χ4v) is 4.35. The van der Waals surface area contributed by atoms with Crippen LogP contribution < -0.4 is 10.1 Å². The van der Waals surface area contributed by atoms with Gasteiger partial charge in [0.1, 0.15) is 11.6 Å². The Kier molecular flexibility index (Phi) is 8.77. The average Bonchev–Trinajstić information content (AvgIpc) is 3.26. The number of benzene rings is 3. The highest BCUT2D eigenvalue weighted by Gasteiger charge is 2.11. The van der Waals surface area contributed by atoms with Gasteiger partial charge in [-0.25, -0.2) is 4.98 Å². The SMILES string of the molecule is CCC(C)c1ccc(OCCCCn2c(CCNC(=O)c3ccc(C)cc3)nc3ccccc32)cc1. The Labute approximate surface area is 214 Å². The van der Waals surface area contributed by atoms with E-state index in [1.54, 1.807) is 0 Å². The molecule has 0 saturated heterocycles. The molecule has 1 aromatic heterocycles. The van der Waals surface area contributed by atoms with Gasteiger partial charge in [0.15, 0.2) is 0 Å². The first-order valence-corrected chi connectivity index (χ1v) is 13.1. The van der Waals surface area contributed by atoms with Gasteiger partial charge in [-0.1, -0.05) is 55.8 Å². The number of hydrogen-bond donors (Lipinski definition) is 1. The van der Waals surface area contributed by atoms with Crippen molar-refractivity contribution in [2.24, 2.45) is 0 Å². The third-order valence-electron chi connectivity index (χ3n) is 6.79. The molecule has 36 heavy (non-hydrogen) atoms. The number of unbranched alkanes of at least 4 members (excludes halogenated alkanes) is 1. The molecule has 4 rings (SSSR count). The van der Waals surface area contributed by atoms with Gasteiger partial charge in [0, 0.05) is 25.1 Å². The number of aromatic nitrogens is 2. The van der Waals surface area contributed by atoms with Crippen molar-refractivity contribution in [2.75, 3.05) is 13.2 Å². The molecule has 5 heteroatoms. The third kappa shape index (κ3) is 6.54. The first-order chi connectivity index (χ1) is 17.5. The molecule has 0 spiro atoms. The highest BCUT2D eigenvalue weighted by atomic mass is 16.5. The molecule has 188 valence electrons. The molecule has 3 aromatic carbocycles. The molecule has 4 aromatic rings. The number of amides is 1. The van der Waals surface area contributed by atoms with Crippen molar-refractivity contribution in [3.63, 3.8) is 0 Å². The Morgan fingerprint density at radius 2 is 1.75 bits per heavy atom. The highest BCUT2D eigenvalue weighted by molar-refractivity contribution is 5.94. The zero-order valence-electron chi connectivity index (χ0n) is 21.7. The van der Waals surface area contributed by atoms with Crippen molar-refractivity contribution in [1.82, 2.24) is 14.9 Å². The molecule has 0 aliphatic heterocycles. The lowest BCUT2D eigenvalue weighted by Crippen LogP contribution is -2.26. The second-order valence-corrected chi connectivity index (χ2v) is 9.47.